The van der Waals surface area contributed by atoms with E-state index in [9.17, 15) is 9.59 Å². The van der Waals surface area contributed by atoms with Crippen molar-refractivity contribution in [2.24, 2.45) is 0 Å². The zero-order valence-electron chi connectivity index (χ0n) is 13.5. The average Bonchev–Trinajstić information content (AvgIpc) is 2.54. The van der Waals surface area contributed by atoms with Crippen LogP contribution in [-0.4, -0.2) is 10.5 Å². The average molecular weight is 385 g/mol. The Morgan fingerprint density at radius 3 is 2.54 bits per heavy atom. The Bertz CT molecular complexity index is 975. The Kier molecular flexibility index (Phi) is 4.53. The van der Waals surface area contributed by atoms with Crippen molar-refractivity contribution in [2.75, 3.05) is 5.32 Å². The third-order valence-electron chi connectivity index (χ3n) is 3.97. The zero-order valence-corrected chi connectivity index (χ0v) is 15.1. The molecule has 5 heteroatoms. The molecule has 1 amide bonds. The molecule has 0 atom stereocenters. The number of halogens is 1. The predicted octanol–water partition coefficient (Wildman–Crippen LogP) is 4.02. The first-order valence-electron chi connectivity index (χ1n) is 7.61. The number of aryl methyl sites for hydroxylation is 2. The highest BCUT2D eigenvalue weighted by molar-refractivity contribution is 9.10. The first-order chi connectivity index (χ1) is 11.5. The number of hydrogen-bond donors (Lipinski definition) is 1. The van der Waals surface area contributed by atoms with Gasteiger partial charge in [-0.1, -0.05) is 28.1 Å². The van der Waals surface area contributed by atoms with Crippen LogP contribution in [0.3, 0.4) is 0 Å². The zero-order chi connectivity index (χ0) is 17.3. The molecule has 3 rings (SSSR count). The van der Waals surface area contributed by atoms with Crippen molar-refractivity contribution in [3.8, 4) is 0 Å². The van der Waals surface area contributed by atoms with Gasteiger partial charge in [0.2, 0.25) is 5.91 Å². The maximum Gasteiger partial charge on any atom is 0.244 e. The minimum atomic E-state index is -0.131. The number of para-hydroxylation sites is 1. The summed E-state index contributed by atoms with van der Waals surface area (Å²) in [6.45, 7) is 3.95. The number of amides is 1. The molecule has 0 saturated carbocycles. The first kappa shape index (κ1) is 16.5. The second-order valence-corrected chi connectivity index (χ2v) is 6.68. The second kappa shape index (κ2) is 6.61. The van der Waals surface area contributed by atoms with Crippen molar-refractivity contribution in [1.29, 1.82) is 0 Å². The van der Waals surface area contributed by atoms with Gasteiger partial charge in [0.05, 0.1) is 5.52 Å². The molecule has 1 aromatic heterocycles. The topological polar surface area (TPSA) is 51.1 Å². The fraction of sp³-hybridized carbons (Fsp3) is 0.158. The van der Waals surface area contributed by atoms with Crippen molar-refractivity contribution < 1.29 is 4.79 Å². The number of rotatable bonds is 3. The van der Waals surface area contributed by atoms with Gasteiger partial charge in [-0.3, -0.25) is 9.59 Å². The van der Waals surface area contributed by atoms with Gasteiger partial charge in [0.25, 0.3) is 0 Å². The van der Waals surface area contributed by atoms with Crippen LogP contribution in [0.2, 0.25) is 0 Å². The molecule has 0 radical (unpaired) electrons. The van der Waals surface area contributed by atoms with Gasteiger partial charge in [0, 0.05) is 27.3 Å². The SMILES string of the molecule is Cc1cccc2c(=O)cc(C)n(CC(=O)Nc3ccc(Br)cc3)c12. The third-order valence-corrected chi connectivity index (χ3v) is 4.50. The maximum absolute atomic E-state index is 12.4. The molecule has 1 heterocycles. The lowest BCUT2D eigenvalue weighted by Crippen LogP contribution is -2.22. The fourth-order valence-corrected chi connectivity index (χ4v) is 3.08. The summed E-state index contributed by atoms with van der Waals surface area (Å²) < 4.78 is 2.85. The number of nitrogens with zero attached hydrogens (tertiary/aromatic N) is 1. The smallest absolute Gasteiger partial charge is 0.244 e. The number of carbonyl (C=O) groups excluding carboxylic acids is 1. The Labute approximate surface area is 148 Å². The number of aromatic nitrogens is 1. The van der Waals surface area contributed by atoms with E-state index < -0.39 is 0 Å². The van der Waals surface area contributed by atoms with Gasteiger partial charge in [0.1, 0.15) is 6.54 Å². The van der Waals surface area contributed by atoms with Gasteiger partial charge in [-0.2, -0.15) is 0 Å². The number of hydrogen-bond acceptors (Lipinski definition) is 2. The minimum absolute atomic E-state index is 0.0178. The molecule has 0 saturated heterocycles. The molecule has 0 spiro atoms. The summed E-state index contributed by atoms with van der Waals surface area (Å²) in [5.74, 6) is -0.131. The van der Waals surface area contributed by atoms with Gasteiger partial charge in [-0.05, 0) is 49.7 Å². The molecule has 3 aromatic rings. The molecule has 4 nitrogen and oxygen atoms in total. The van der Waals surface area contributed by atoms with Crippen LogP contribution >= 0.6 is 15.9 Å². The molecule has 0 unspecified atom stereocenters. The molecule has 122 valence electrons. The van der Waals surface area contributed by atoms with Crippen molar-refractivity contribution in [3.63, 3.8) is 0 Å². The van der Waals surface area contributed by atoms with Gasteiger partial charge < -0.3 is 9.88 Å². The number of carbonyl (C=O) groups is 1. The van der Waals surface area contributed by atoms with Crippen LogP contribution in [0.4, 0.5) is 5.69 Å². The molecule has 0 aliphatic carbocycles. The third kappa shape index (κ3) is 3.26. The Morgan fingerprint density at radius 2 is 1.83 bits per heavy atom. The van der Waals surface area contributed by atoms with Crippen LogP contribution in [0.5, 0.6) is 0 Å². The van der Waals surface area contributed by atoms with E-state index in [-0.39, 0.29) is 17.9 Å². The van der Waals surface area contributed by atoms with Gasteiger partial charge in [-0.25, -0.2) is 0 Å². The maximum atomic E-state index is 12.4. The molecule has 0 aliphatic heterocycles. The van der Waals surface area contributed by atoms with E-state index in [0.29, 0.717) is 5.39 Å². The summed E-state index contributed by atoms with van der Waals surface area (Å²) in [5, 5.41) is 3.52. The lowest BCUT2D eigenvalue weighted by atomic mass is 10.1. The first-order valence-corrected chi connectivity index (χ1v) is 8.40. The van der Waals surface area contributed by atoms with E-state index in [0.717, 1.165) is 26.9 Å². The lowest BCUT2D eigenvalue weighted by molar-refractivity contribution is -0.116. The normalized spacial score (nSPS) is 10.8. The van der Waals surface area contributed by atoms with Crippen LogP contribution in [0.1, 0.15) is 11.3 Å². The van der Waals surface area contributed by atoms with Crippen molar-refractivity contribution >= 4 is 38.4 Å². The molecule has 0 aliphatic rings. The number of pyridine rings is 1. The van der Waals surface area contributed by atoms with Crippen molar-refractivity contribution in [1.82, 2.24) is 4.57 Å². The Morgan fingerprint density at radius 1 is 1.12 bits per heavy atom. The molecule has 2 aromatic carbocycles. The van der Waals surface area contributed by atoms with Gasteiger partial charge >= 0.3 is 0 Å². The summed E-state index contributed by atoms with van der Waals surface area (Å²) in [6.07, 6.45) is 0. The van der Waals surface area contributed by atoms with Crippen molar-refractivity contribution in [2.45, 2.75) is 20.4 Å². The largest absolute Gasteiger partial charge is 0.335 e. The Hall–Kier alpha value is -2.40. The van der Waals surface area contributed by atoms with Gasteiger partial charge in [0.15, 0.2) is 5.43 Å². The summed E-state index contributed by atoms with van der Waals surface area (Å²) in [5.41, 5.74) is 3.28. The minimum Gasteiger partial charge on any atom is -0.335 e. The molecule has 1 N–H and O–H groups in total. The number of nitrogens with one attached hydrogen (secondary N) is 1. The molecular formula is C19H17BrN2O2. The van der Waals surface area contributed by atoms with Crippen LogP contribution < -0.4 is 10.7 Å². The predicted molar refractivity (Wildman–Crippen MR) is 100 cm³/mol. The monoisotopic (exact) mass is 384 g/mol. The number of anilines is 1. The summed E-state index contributed by atoms with van der Waals surface area (Å²) >= 11 is 3.37. The fourth-order valence-electron chi connectivity index (χ4n) is 2.82. The van der Waals surface area contributed by atoms with Crippen LogP contribution in [-0.2, 0) is 11.3 Å². The van der Waals surface area contributed by atoms with E-state index >= 15 is 0 Å². The molecule has 0 fully saturated rings. The van der Waals surface area contributed by atoms with E-state index in [1.54, 1.807) is 12.1 Å². The summed E-state index contributed by atoms with van der Waals surface area (Å²) in [4.78, 5) is 24.6. The standard InChI is InChI=1S/C19H17BrN2O2/c1-12-4-3-5-16-17(23)10-13(2)22(19(12)16)11-18(24)21-15-8-6-14(20)7-9-15/h3-10H,11H2,1-2H3,(H,21,24). The lowest BCUT2D eigenvalue weighted by Gasteiger charge is -2.16. The van der Waals surface area contributed by atoms with Crippen LogP contribution in [0, 0.1) is 13.8 Å². The quantitative estimate of drug-likeness (QED) is 0.741. The highest BCUT2D eigenvalue weighted by Gasteiger charge is 2.12. The summed E-state index contributed by atoms with van der Waals surface area (Å²) in [7, 11) is 0. The van der Waals surface area contributed by atoms with E-state index in [4.69, 9.17) is 0 Å². The van der Waals surface area contributed by atoms with Crippen LogP contribution in [0.15, 0.2) is 57.8 Å². The number of benzene rings is 2. The molecular weight excluding hydrogens is 368 g/mol. The van der Waals surface area contributed by atoms with Crippen molar-refractivity contribution in [3.05, 3.63) is 74.5 Å². The molecule has 0 bridgehead atoms. The van der Waals surface area contributed by atoms with Gasteiger partial charge in [-0.15, -0.1) is 0 Å². The van der Waals surface area contributed by atoms with E-state index in [2.05, 4.69) is 21.2 Å². The number of fused-ring (bicyclic) bond motifs is 1. The van der Waals surface area contributed by atoms with E-state index in [1.165, 1.54) is 0 Å². The molecule has 24 heavy (non-hydrogen) atoms. The summed E-state index contributed by atoms with van der Waals surface area (Å²) in [6, 6.07) is 14.6. The second-order valence-electron chi connectivity index (χ2n) is 5.76. The van der Waals surface area contributed by atoms with Crippen LogP contribution in [0.25, 0.3) is 10.9 Å². The van der Waals surface area contributed by atoms with E-state index in [1.807, 2.05) is 54.8 Å². The Balaban J connectivity index is 1.96. The highest BCUT2D eigenvalue weighted by atomic mass is 79.9. The highest BCUT2D eigenvalue weighted by Crippen LogP contribution is 2.18.